The fourth-order valence-electron chi connectivity index (χ4n) is 2.22. The molecule has 0 aliphatic heterocycles. The van der Waals surface area contributed by atoms with Gasteiger partial charge in [-0.25, -0.2) is 9.78 Å². The standard InChI is InChI=1S/C13H21N3OS2/c1-3-10(11-14-7-8-19-11)16-12(17)15-9-13(18-2)5-4-6-13/h7-8,10H,3-6,9H2,1-2H3,(H2,15,16,17)/t10-/m0/s1. The number of hydrogen-bond acceptors (Lipinski definition) is 4. The summed E-state index contributed by atoms with van der Waals surface area (Å²) in [6.45, 7) is 2.82. The summed E-state index contributed by atoms with van der Waals surface area (Å²) in [6, 6.07) is -0.0611. The lowest BCUT2D eigenvalue weighted by Crippen LogP contribution is -2.48. The Morgan fingerprint density at radius 3 is 2.89 bits per heavy atom. The topological polar surface area (TPSA) is 54.0 Å². The van der Waals surface area contributed by atoms with Crippen molar-refractivity contribution in [2.45, 2.75) is 43.4 Å². The summed E-state index contributed by atoms with van der Waals surface area (Å²) in [5.74, 6) is 0. The van der Waals surface area contributed by atoms with E-state index in [-0.39, 0.29) is 16.8 Å². The molecule has 0 aromatic carbocycles. The third-order valence-corrected chi connectivity index (χ3v) is 6.04. The van der Waals surface area contributed by atoms with Gasteiger partial charge in [-0.15, -0.1) is 11.3 Å². The maximum atomic E-state index is 12.0. The van der Waals surface area contributed by atoms with Gasteiger partial charge in [-0.2, -0.15) is 11.8 Å². The Bertz CT molecular complexity index is 399. The van der Waals surface area contributed by atoms with Crippen LogP contribution in [0.5, 0.6) is 0 Å². The van der Waals surface area contributed by atoms with Gasteiger partial charge in [0.1, 0.15) is 5.01 Å². The molecule has 1 aromatic heterocycles. The predicted molar refractivity (Wildman–Crippen MR) is 81.8 cm³/mol. The second-order valence-corrected chi connectivity index (χ2v) is 7.10. The fourth-order valence-corrected chi connectivity index (χ4v) is 3.91. The second-order valence-electron chi connectivity index (χ2n) is 4.90. The van der Waals surface area contributed by atoms with E-state index in [0.717, 1.165) is 18.0 Å². The van der Waals surface area contributed by atoms with Gasteiger partial charge in [0.25, 0.3) is 0 Å². The van der Waals surface area contributed by atoms with Crippen molar-refractivity contribution in [2.75, 3.05) is 12.8 Å². The van der Waals surface area contributed by atoms with Crippen LogP contribution in [0.3, 0.4) is 0 Å². The zero-order chi connectivity index (χ0) is 13.7. The molecule has 1 fully saturated rings. The quantitative estimate of drug-likeness (QED) is 0.848. The van der Waals surface area contributed by atoms with E-state index in [0.29, 0.717) is 0 Å². The molecule has 1 aliphatic rings. The SMILES string of the molecule is CC[C@H](NC(=O)NCC1(SC)CCC1)c1nccs1. The van der Waals surface area contributed by atoms with Gasteiger partial charge >= 0.3 is 6.03 Å². The highest BCUT2D eigenvalue weighted by molar-refractivity contribution is 8.00. The van der Waals surface area contributed by atoms with Crippen molar-refractivity contribution in [3.05, 3.63) is 16.6 Å². The Kier molecular flexibility index (Phi) is 5.10. The van der Waals surface area contributed by atoms with Crippen LogP contribution in [-0.2, 0) is 0 Å². The molecule has 2 N–H and O–H groups in total. The van der Waals surface area contributed by atoms with Crippen molar-refractivity contribution in [3.63, 3.8) is 0 Å². The first kappa shape index (κ1) is 14.7. The van der Waals surface area contributed by atoms with Crippen LogP contribution in [0.25, 0.3) is 0 Å². The molecule has 0 saturated heterocycles. The summed E-state index contributed by atoms with van der Waals surface area (Å²) >= 11 is 3.45. The number of amides is 2. The number of carbonyl (C=O) groups is 1. The number of nitrogens with zero attached hydrogens (tertiary/aromatic N) is 1. The van der Waals surface area contributed by atoms with Gasteiger partial charge in [0.15, 0.2) is 0 Å². The normalized spacial score (nSPS) is 18.4. The molecule has 1 aromatic rings. The zero-order valence-corrected chi connectivity index (χ0v) is 13.1. The van der Waals surface area contributed by atoms with Crippen molar-refractivity contribution >= 4 is 29.1 Å². The van der Waals surface area contributed by atoms with Crippen LogP contribution in [0.1, 0.15) is 43.7 Å². The summed E-state index contributed by atoms with van der Waals surface area (Å²) in [7, 11) is 0. The van der Waals surface area contributed by atoms with Crippen molar-refractivity contribution in [1.82, 2.24) is 15.6 Å². The lowest BCUT2D eigenvalue weighted by atomic mass is 9.84. The van der Waals surface area contributed by atoms with E-state index in [2.05, 4.69) is 28.8 Å². The molecule has 1 heterocycles. The zero-order valence-electron chi connectivity index (χ0n) is 11.4. The highest BCUT2D eigenvalue weighted by atomic mass is 32.2. The molecule has 0 unspecified atom stereocenters. The van der Waals surface area contributed by atoms with Gasteiger partial charge < -0.3 is 10.6 Å². The summed E-state index contributed by atoms with van der Waals surface area (Å²) in [6.07, 6.45) is 8.45. The van der Waals surface area contributed by atoms with E-state index < -0.39 is 0 Å². The lowest BCUT2D eigenvalue weighted by molar-refractivity contribution is 0.232. The Hall–Kier alpha value is -0.750. The number of carbonyl (C=O) groups excluding carboxylic acids is 1. The van der Waals surface area contributed by atoms with Gasteiger partial charge in [-0.3, -0.25) is 0 Å². The van der Waals surface area contributed by atoms with E-state index in [4.69, 9.17) is 0 Å². The van der Waals surface area contributed by atoms with E-state index in [1.165, 1.54) is 19.3 Å². The Labute approximate surface area is 122 Å². The molecule has 1 aliphatic carbocycles. The van der Waals surface area contributed by atoms with E-state index >= 15 is 0 Å². The van der Waals surface area contributed by atoms with Crippen molar-refractivity contribution in [3.8, 4) is 0 Å². The molecule has 1 atom stereocenters. The monoisotopic (exact) mass is 299 g/mol. The fraction of sp³-hybridized carbons (Fsp3) is 0.692. The molecular formula is C13H21N3OS2. The van der Waals surface area contributed by atoms with Crippen LogP contribution in [0.2, 0.25) is 0 Å². The third kappa shape index (κ3) is 3.63. The van der Waals surface area contributed by atoms with Crippen LogP contribution >= 0.6 is 23.1 Å². The lowest BCUT2D eigenvalue weighted by Gasteiger charge is -2.40. The van der Waals surface area contributed by atoms with Crippen molar-refractivity contribution in [1.29, 1.82) is 0 Å². The van der Waals surface area contributed by atoms with Crippen molar-refractivity contribution < 1.29 is 4.79 Å². The Morgan fingerprint density at radius 1 is 1.63 bits per heavy atom. The highest BCUT2D eigenvalue weighted by Crippen LogP contribution is 2.42. The Morgan fingerprint density at radius 2 is 2.42 bits per heavy atom. The van der Waals surface area contributed by atoms with Gasteiger partial charge in [0.05, 0.1) is 6.04 Å². The number of rotatable bonds is 6. The molecule has 0 bridgehead atoms. The third-order valence-electron chi connectivity index (χ3n) is 3.73. The molecule has 2 rings (SSSR count). The van der Waals surface area contributed by atoms with Crippen LogP contribution < -0.4 is 10.6 Å². The van der Waals surface area contributed by atoms with E-state index in [9.17, 15) is 4.79 Å². The predicted octanol–water partition coefficient (Wildman–Crippen LogP) is 3.18. The molecule has 19 heavy (non-hydrogen) atoms. The first-order chi connectivity index (χ1) is 9.19. The average Bonchev–Trinajstić information content (AvgIpc) is 2.89. The first-order valence-corrected chi connectivity index (χ1v) is 8.78. The number of aromatic nitrogens is 1. The van der Waals surface area contributed by atoms with Crippen LogP contribution in [0, 0.1) is 0 Å². The van der Waals surface area contributed by atoms with Crippen LogP contribution in [0.4, 0.5) is 4.79 Å². The number of thioether (sulfide) groups is 1. The number of urea groups is 1. The largest absolute Gasteiger partial charge is 0.337 e. The molecule has 2 amide bonds. The van der Waals surface area contributed by atoms with E-state index in [1.54, 1.807) is 17.5 Å². The van der Waals surface area contributed by atoms with E-state index in [1.807, 2.05) is 17.1 Å². The Balaban J connectivity index is 1.80. The summed E-state index contributed by atoms with van der Waals surface area (Å²) in [5.41, 5.74) is 0. The minimum Gasteiger partial charge on any atom is -0.337 e. The molecular weight excluding hydrogens is 278 g/mol. The molecule has 0 spiro atoms. The van der Waals surface area contributed by atoms with Crippen LogP contribution in [0.15, 0.2) is 11.6 Å². The van der Waals surface area contributed by atoms with Gasteiger partial charge in [-0.1, -0.05) is 13.3 Å². The smallest absolute Gasteiger partial charge is 0.315 e. The molecule has 4 nitrogen and oxygen atoms in total. The van der Waals surface area contributed by atoms with Gasteiger partial charge in [0, 0.05) is 22.9 Å². The second kappa shape index (κ2) is 6.61. The molecule has 106 valence electrons. The minimum atomic E-state index is -0.0811. The van der Waals surface area contributed by atoms with Gasteiger partial charge in [0.2, 0.25) is 0 Å². The van der Waals surface area contributed by atoms with Crippen molar-refractivity contribution in [2.24, 2.45) is 0 Å². The number of nitrogens with one attached hydrogen (secondary N) is 2. The molecule has 6 heteroatoms. The minimum absolute atomic E-state index is 0.0200. The summed E-state index contributed by atoms with van der Waals surface area (Å²) < 4.78 is 0.278. The highest BCUT2D eigenvalue weighted by Gasteiger charge is 2.36. The molecule has 0 radical (unpaired) electrons. The summed E-state index contributed by atoms with van der Waals surface area (Å²) in [5, 5.41) is 8.92. The van der Waals surface area contributed by atoms with Gasteiger partial charge in [-0.05, 0) is 25.5 Å². The first-order valence-electron chi connectivity index (χ1n) is 6.68. The molecule has 1 saturated carbocycles. The maximum absolute atomic E-state index is 12.0. The number of thiazole rings is 1. The maximum Gasteiger partial charge on any atom is 0.315 e. The number of hydrogen-bond donors (Lipinski definition) is 2. The summed E-state index contributed by atoms with van der Waals surface area (Å²) in [4.78, 5) is 16.2. The van der Waals surface area contributed by atoms with Crippen LogP contribution in [-0.4, -0.2) is 28.6 Å². The average molecular weight is 299 g/mol.